The van der Waals surface area contributed by atoms with Crippen LogP contribution in [0.1, 0.15) is 31.4 Å². The lowest BCUT2D eigenvalue weighted by molar-refractivity contribution is -0.140. The van der Waals surface area contributed by atoms with Gasteiger partial charge in [0.15, 0.2) is 9.84 Å². The number of hydrogen-bond acceptors (Lipinski definition) is 5. The summed E-state index contributed by atoms with van der Waals surface area (Å²) in [7, 11) is 0.598. The highest BCUT2D eigenvalue weighted by Crippen LogP contribution is 2.32. The van der Waals surface area contributed by atoms with Crippen LogP contribution in [0.3, 0.4) is 0 Å². The predicted molar refractivity (Wildman–Crippen MR) is 146 cm³/mol. The van der Waals surface area contributed by atoms with Gasteiger partial charge in [-0.2, -0.15) is 13.2 Å². The van der Waals surface area contributed by atoms with E-state index in [1.54, 1.807) is 18.2 Å². The van der Waals surface area contributed by atoms with Crippen molar-refractivity contribution < 1.29 is 26.0 Å². The molecule has 39 heavy (non-hydrogen) atoms. The summed E-state index contributed by atoms with van der Waals surface area (Å²) in [6, 6.07) is 11.2. The average molecular weight is 565 g/mol. The van der Waals surface area contributed by atoms with Crippen molar-refractivity contribution in [1.82, 2.24) is 9.47 Å². The molecule has 2 N–H and O–H groups in total. The van der Waals surface area contributed by atoms with Crippen molar-refractivity contribution in [2.45, 2.75) is 55.4 Å². The van der Waals surface area contributed by atoms with Gasteiger partial charge in [-0.25, -0.2) is 12.8 Å². The molecule has 1 heterocycles. The fourth-order valence-corrected chi connectivity index (χ4v) is 5.60. The first-order valence-electron chi connectivity index (χ1n) is 12.7. The van der Waals surface area contributed by atoms with Crippen LogP contribution in [0.4, 0.5) is 28.9 Å². The van der Waals surface area contributed by atoms with Crippen molar-refractivity contribution in [3.63, 3.8) is 0 Å². The van der Waals surface area contributed by atoms with Crippen molar-refractivity contribution in [3.8, 4) is 11.8 Å². The summed E-state index contributed by atoms with van der Waals surface area (Å²) in [5, 5.41) is 6.95. The van der Waals surface area contributed by atoms with E-state index in [9.17, 15) is 26.0 Å². The summed E-state index contributed by atoms with van der Waals surface area (Å²) in [5.41, 5.74) is 1.44. The number of nitrogens with zero attached hydrogens (tertiary/aromatic N) is 2. The Morgan fingerprint density at radius 3 is 2.38 bits per heavy atom. The maximum absolute atomic E-state index is 14.3. The lowest BCUT2D eigenvalue weighted by Crippen LogP contribution is -2.36. The molecule has 0 atom stereocenters. The molecule has 0 amide bonds. The second-order valence-corrected chi connectivity index (χ2v) is 12.2. The first-order chi connectivity index (χ1) is 18.3. The predicted octanol–water partition coefficient (Wildman–Crippen LogP) is 5.49. The largest absolute Gasteiger partial charge is 0.406 e. The Bertz CT molecular complexity index is 1500. The van der Waals surface area contributed by atoms with Crippen LogP contribution in [0, 0.1) is 17.7 Å². The van der Waals surface area contributed by atoms with E-state index in [1.165, 1.54) is 12.1 Å². The highest BCUT2D eigenvalue weighted by Gasteiger charge is 2.30. The van der Waals surface area contributed by atoms with Crippen LogP contribution in [0.2, 0.25) is 0 Å². The van der Waals surface area contributed by atoms with Crippen LogP contribution >= 0.6 is 0 Å². The Labute approximate surface area is 226 Å². The average Bonchev–Trinajstić information content (AvgIpc) is 3.19. The van der Waals surface area contributed by atoms with Gasteiger partial charge in [-0.1, -0.05) is 12.0 Å². The van der Waals surface area contributed by atoms with Gasteiger partial charge in [-0.05, 0) is 82.1 Å². The van der Waals surface area contributed by atoms with Gasteiger partial charge in [0.1, 0.15) is 12.4 Å². The monoisotopic (exact) mass is 564 g/mol. The molecular weight excluding hydrogens is 532 g/mol. The molecule has 0 saturated heterocycles. The SMILES string of the molecule is CN(C)C1CCC(Nc2cccc3c2cc(C#CCNc2ccc(S(C)(=O)=O)cc2F)n3CC(F)(F)F)CC1. The fraction of sp³-hybridized carbons (Fsp3) is 0.429. The standard InChI is InChI=1S/C28H32F4N4O2S/c1-35(2)20-11-9-19(10-12-20)34-25-7-4-8-27-23(25)16-21(36(27)18-28(30,31)32)6-5-15-33-26-14-13-22(17-24(26)29)39(3,37)38/h4,7-8,13-14,16-17,19-20,33-34H,9-12,15,18H2,1-3H3. The van der Waals surface area contributed by atoms with Gasteiger partial charge in [0.2, 0.25) is 0 Å². The van der Waals surface area contributed by atoms with Crippen molar-refractivity contribution in [1.29, 1.82) is 0 Å². The van der Waals surface area contributed by atoms with Gasteiger partial charge < -0.3 is 20.1 Å². The van der Waals surface area contributed by atoms with E-state index in [1.807, 2.05) is 6.07 Å². The van der Waals surface area contributed by atoms with Gasteiger partial charge in [0.25, 0.3) is 0 Å². The summed E-state index contributed by atoms with van der Waals surface area (Å²) >= 11 is 0. The molecule has 2 aromatic carbocycles. The topological polar surface area (TPSA) is 66.4 Å². The number of hydrogen-bond donors (Lipinski definition) is 2. The number of alkyl halides is 3. The molecule has 1 aliphatic rings. The number of halogens is 4. The molecule has 1 aromatic heterocycles. The fourth-order valence-electron chi connectivity index (χ4n) is 4.96. The Balaban J connectivity index is 1.56. The number of rotatable bonds is 7. The molecule has 0 unspecified atom stereocenters. The summed E-state index contributed by atoms with van der Waals surface area (Å²) in [6.45, 7) is -1.24. The van der Waals surface area contributed by atoms with Crippen LogP contribution in [0.15, 0.2) is 47.4 Å². The third-order valence-corrected chi connectivity index (χ3v) is 8.13. The number of sulfone groups is 1. The third kappa shape index (κ3) is 7.25. The highest BCUT2D eigenvalue weighted by molar-refractivity contribution is 7.90. The molecule has 1 fully saturated rings. The van der Waals surface area contributed by atoms with Crippen LogP contribution in [0.25, 0.3) is 10.9 Å². The van der Waals surface area contributed by atoms with E-state index in [2.05, 4.69) is 41.5 Å². The smallest absolute Gasteiger partial charge is 0.382 e. The van der Waals surface area contributed by atoms with Gasteiger partial charge in [-0.15, -0.1) is 0 Å². The molecule has 6 nitrogen and oxygen atoms in total. The molecule has 0 aliphatic heterocycles. The lowest BCUT2D eigenvalue weighted by atomic mass is 9.90. The zero-order chi connectivity index (χ0) is 28.4. The minimum absolute atomic E-state index is 0.0445. The van der Waals surface area contributed by atoms with E-state index >= 15 is 0 Å². The summed E-state index contributed by atoms with van der Waals surface area (Å²) in [6.07, 6.45) is 0.592. The van der Waals surface area contributed by atoms with E-state index in [-0.39, 0.29) is 28.9 Å². The quantitative estimate of drug-likeness (QED) is 0.293. The second-order valence-electron chi connectivity index (χ2n) is 10.2. The molecule has 11 heteroatoms. The maximum Gasteiger partial charge on any atom is 0.406 e. The minimum Gasteiger partial charge on any atom is -0.382 e. The lowest BCUT2D eigenvalue weighted by Gasteiger charge is -2.33. The zero-order valence-corrected chi connectivity index (χ0v) is 22.9. The number of benzene rings is 2. The highest BCUT2D eigenvalue weighted by atomic mass is 32.2. The first-order valence-corrected chi connectivity index (χ1v) is 14.6. The molecule has 210 valence electrons. The van der Waals surface area contributed by atoms with Gasteiger partial charge in [-0.3, -0.25) is 0 Å². The first kappa shape index (κ1) is 28.8. The second kappa shape index (κ2) is 11.5. The van der Waals surface area contributed by atoms with Crippen LogP contribution in [-0.2, 0) is 16.4 Å². The molecule has 1 saturated carbocycles. The summed E-state index contributed by atoms with van der Waals surface area (Å²) in [4.78, 5) is 2.08. The Morgan fingerprint density at radius 2 is 1.77 bits per heavy atom. The number of nitrogens with one attached hydrogen (secondary N) is 2. The molecule has 0 spiro atoms. The summed E-state index contributed by atoms with van der Waals surface area (Å²) < 4.78 is 79.1. The van der Waals surface area contributed by atoms with Crippen LogP contribution in [-0.4, -0.2) is 63.0 Å². The van der Waals surface area contributed by atoms with Crippen molar-refractivity contribution in [3.05, 3.63) is 54.0 Å². The molecule has 4 rings (SSSR count). The maximum atomic E-state index is 14.3. The van der Waals surface area contributed by atoms with Crippen molar-refractivity contribution in [2.75, 3.05) is 37.5 Å². The van der Waals surface area contributed by atoms with Gasteiger partial charge in [0.05, 0.1) is 28.3 Å². The normalized spacial score (nSPS) is 18.2. The van der Waals surface area contributed by atoms with E-state index in [0.29, 0.717) is 16.9 Å². The van der Waals surface area contributed by atoms with Gasteiger partial charge in [0, 0.05) is 29.4 Å². The van der Waals surface area contributed by atoms with E-state index in [0.717, 1.165) is 48.3 Å². The number of fused-ring (bicyclic) bond motifs is 1. The number of aromatic nitrogens is 1. The van der Waals surface area contributed by atoms with Crippen molar-refractivity contribution in [2.24, 2.45) is 0 Å². The minimum atomic E-state index is -4.45. The molecular formula is C28H32F4N4O2S. The number of anilines is 2. The van der Waals surface area contributed by atoms with Crippen molar-refractivity contribution >= 4 is 32.1 Å². The molecule has 1 aliphatic carbocycles. The van der Waals surface area contributed by atoms with Crippen LogP contribution < -0.4 is 10.6 Å². The Hall–Kier alpha value is -3.23. The van der Waals surface area contributed by atoms with E-state index < -0.39 is 28.4 Å². The van der Waals surface area contributed by atoms with Gasteiger partial charge >= 0.3 is 6.18 Å². The Kier molecular flexibility index (Phi) is 8.47. The molecule has 3 aromatic rings. The molecule has 0 radical (unpaired) electrons. The van der Waals surface area contributed by atoms with Crippen LogP contribution in [0.5, 0.6) is 0 Å². The molecule has 0 bridgehead atoms. The Morgan fingerprint density at radius 1 is 1.05 bits per heavy atom. The third-order valence-electron chi connectivity index (χ3n) is 7.02. The zero-order valence-electron chi connectivity index (χ0n) is 22.1. The summed E-state index contributed by atoms with van der Waals surface area (Å²) in [5.74, 6) is 4.80. The van der Waals surface area contributed by atoms with E-state index in [4.69, 9.17) is 0 Å².